The average Bonchev–Trinajstić information content (AvgIpc) is 3.11. The van der Waals surface area contributed by atoms with Crippen LogP contribution in [0.25, 0.3) is 0 Å². The van der Waals surface area contributed by atoms with Crippen LogP contribution in [-0.4, -0.2) is 67.8 Å². The molecule has 2 fully saturated rings. The van der Waals surface area contributed by atoms with Gasteiger partial charge in [-0.25, -0.2) is 8.42 Å². The number of ether oxygens (including phenoxy) is 1. The summed E-state index contributed by atoms with van der Waals surface area (Å²) in [5.41, 5.74) is 0. The van der Waals surface area contributed by atoms with Crippen molar-refractivity contribution in [1.82, 2.24) is 9.62 Å². The van der Waals surface area contributed by atoms with Crippen LogP contribution in [0.3, 0.4) is 0 Å². The van der Waals surface area contributed by atoms with Gasteiger partial charge in [0.25, 0.3) is 0 Å². The molecule has 2 atom stereocenters. The SMILES string of the molecule is CCCCS(=O)(=O)N1CCCC1C(=O)NCC(C(=O)O)C1CCOCC1. The fourth-order valence-corrected chi connectivity index (χ4v) is 5.57. The summed E-state index contributed by atoms with van der Waals surface area (Å²) in [7, 11) is -3.45. The highest BCUT2D eigenvalue weighted by molar-refractivity contribution is 7.89. The van der Waals surface area contributed by atoms with Gasteiger partial charge in [0.2, 0.25) is 15.9 Å². The molecule has 1 amide bonds. The molecule has 0 bridgehead atoms. The topological polar surface area (TPSA) is 113 Å². The summed E-state index contributed by atoms with van der Waals surface area (Å²) >= 11 is 0. The second-order valence-corrected chi connectivity index (χ2v) is 9.12. The minimum atomic E-state index is -3.45. The van der Waals surface area contributed by atoms with Crippen LogP contribution in [0.5, 0.6) is 0 Å². The van der Waals surface area contributed by atoms with Crippen LogP contribution in [0, 0.1) is 11.8 Å². The number of nitrogens with zero attached hydrogens (tertiary/aromatic N) is 1. The van der Waals surface area contributed by atoms with E-state index >= 15 is 0 Å². The molecule has 150 valence electrons. The molecule has 2 heterocycles. The Hall–Kier alpha value is -1.19. The number of carboxylic acids is 1. The molecule has 8 nitrogen and oxygen atoms in total. The summed E-state index contributed by atoms with van der Waals surface area (Å²) in [6.07, 6.45) is 3.78. The number of carbonyl (C=O) groups excluding carboxylic acids is 1. The molecule has 0 saturated carbocycles. The zero-order chi connectivity index (χ0) is 19.2. The van der Waals surface area contributed by atoms with E-state index in [-0.39, 0.29) is 24.1 Å². The zero-order valence-electron chi connectivity index (χ0n) is 15.4. The largest absolute Gasteiger partial charge is 0.481 e. The number of rotatable bonds is 9. The van der Waals surface area contributed by atoms with Gasteiger partial charge in [0.05, 0.1) is 11.7 Å². The highest BCUT2D eigenvalue weighted by Gasteiger charge is 2.39. The van der Waals surface area contributed by atoms with E-state index in [0.717, 1.165) is 6.42 Å². The number of hydrogen-bond donors (Lipinski definition) is 2. The van der Waals surface area contributed by atoms with Gasteiger partial charge in [-0.1, -0.05) is 13.3 Å². The summed E-state index contributed by atoms with van der Waals surface area (Å²) in [6, 6.07) is -0.721. The van der Waals surface area contributed by atoms with Crippen molar-refractivity contribution in [3.8, 4) is 0 Å². The molecule has 26 heavy (non-hydrogen) atoms. The van der Waals surface area contributed by atoms with E-state index in [0.29, 0.717) is 51.9 Å². The molecule has 2 unspecified atom stereocenters. The molecule has 9 heteroatoms. The molecule has 0 radical (unpaired) electrons. The van der Waals surface area contributed by atoms with Gasteiger partial charge >= 0.3 is 5.97 Å². The Morgan fingerprint density at radius 1 is 1.27 bits per heavy atom. The Balaban J connectivity index is 1.95. The number of carbonyl (C=O) groups is 2. The van der Waals surface area contributed by atoms with Gasteiger partial charge in [-0.3, -0.25) is 9.59 Å². The number of unbranched alkanes of at least 4 members (excludes halogenated alkanes) is 1. The van der Waals surface area contributed by atoms with Crippen LogP contribution < -0.4 is 5.32 Å². The van der Waals surface area contributed by atoms with E-state index in [2.05, 4.69) is 5.32 Å². The smallest absolute Gasteiger partial charge is 0.308 e. The molecular weight excluding hydrogens is 360 g/mol. The molecule has 0 aromatic rings. The van der Waals surface area contributed by atoms with E-state index in [9.17, 15) is 23.1 Å². The molecule has 2 aliphatic heterocycles. The van der Waals surface area contributed by atoms with Crippen LogP contribution >= 0.6 is 0 Å². The quantitative estimate of drug-likeness (QED) is 0.603. The van der Waals surface area contributed by atoms with Gasteiger partial charge in [0.1, 0.15) is 6.04 Å². The molecule has 2 rings (SSSR count). The summed E-state index contributed by atoms with van der Waals surface area (Å²) in [4.78, 5) is 24.1. The highest BCUT2D eigenvalue weighted by atomic mass is 32.2. The Labute approximate surface area is 155 Å². The van der Waals surface area contributed by atoms with Crippen LogP contribution in [0.4, 0.5) is 0 Å². The first-order chi connectivity index (χ1) is 12.4. The Morgan fingerprint density at radius 3 is 2.58 bits per heavy atom. The van der Waals surface area contributed by atoms with Gasteiger partial charge in [-0.15, -0.1) is 0 Å². The monoisotopic (exact) mass is 390 g/mol. The number of hydrogen-bond acceptors (Lipinski definition) is 5. The van der Waals surface area contributed by atoms with Crippen LogP contribution in [0.2, 0.25) is 0 Å². The molecule has 0 aromatic carbocycles. The van der Waals surface area contributed by atoms with Crippen molar-refractivity contribution in [2.75, 3.05) is 32.1 Å². The van der Waals surface area contributed by atoms with Crippen LogP contribution in [0.1, 0.15) is 45.4 Å². The molecule has 2 aliphatic rings. The molecule has 0 aliphatic carbocycles. The molecule has 0 aromatic heterocycles. The number of amides is 1. The fraction of sp³-hybridized carbons (Fsp3) is 0.882. The van der Waals surface area contributed by atoms with Crippen molar-refractivity contribution in [3.63, 3.8) is 0 Å². The number of nitrogens with one attached hydrogen (secondary N) is 1. The third-order valence-electron chi connectivity index (χ3n) is 5.27. The Kier molecular flexibility index (Phi) is 7.85. The minimum absolute atomic E-state index is 0.0260. The lowest BCUT2D eigenvalue weighted by Crippen LogP contribution is -2.48. The van der Waals surface area contributed by atoms with E-state index < -0.39 is 28.0 Å². The normalized spacial score (nSPS) is 23.7. The maximum atomic E-state index is 12.6. The Morgan fingerprint density at radius 2 is 1.96 bits per heavy atom. The minimum Gasteiger partial charge on any atom is -0.481 e. The van der Waals surface area contributed by atoms with Crippen LogP contribution in [-0.2, 0) is 24.3 Å². The number of carboxylic acid groups (broad SMARTS) is 1. The second kappa shape index (κ2) is 9.66. The van der Waals surface area contributed by atoms with Gasteiger partial charge in [-0.05, 0) is 38.0 Å². The van der Waals surface area contributed by atoms with Crippen molar-refractivity contribution in [1.29, 1.82) is 0 Å². The fourth-order valence-electron chi connectivity index (χ4n) is 3.68. The van der Waals surface area contributed by atoms with Gasteiger partial charge in [0.15, 0.2) is 0 Å². The standard InChI is InChI=1S/C17H30N2O6S/c1-2-3-11-26(23,24)19-8-4-5-15(19)16(20)18-12-14(17(21)22)13-6-9-25-10-7-13/h13-15H,2-12H2,1H3,(H,18,20)(H,21,22). The zero-order valence-corrected chi connectivity index (χ0v) is 16.2. The predicted octanol–water partition coefficient (Wildman–Crippen LogP) is 0.824. The summed E-state index contributed by atoms with van der Waals surface area (Å²) < 4.78 is 31.4. The Bertz CT molecular complexity index is 588. The molecule has 0 spiro atoms. The lowest BCUT2D eigenvalue weighted by atomic mass is 9.86. The lowest BCUT2D eigenvalue weighted by Gasteiger charge is -2.29. The average molecular weight is 391 g/mol. The third-order valence-corrected chi connectivity index (χ3v) is 7.22. The van der Waals surface area contributed by atoms with Gasteiger partial charge in [-0.2, -0.15) is 4.31 Å². The maximum absolute atomic E-state index is 12.6. The first kappa shape index (κ1) is 21.1. The predicted molar refractivity (Wildman–Crippen MR) is 96.1 cm³/mol. The molecule has 2 N–H and O–H groups in total. The van der Waals surface area contributed by atoms with Crippen LogP contribution in [0.15, 0.2) is 0 Å². The van der Waals surface area contributed by atoms with E-state index in [4.69, 9.17) is 4.74 Å². The maximum Gasteiger partial charge on any atom is 0.308 e. The summed E-state index contributed by atoms with van der Waals surface area (Å²) in [5.74, 6) is -1.98. The van der Waals surface area contributed by atoms with Crippen molar-refractivity contribution in [3.05, 3.63) is 0 Å². The molecule has 2 saturated heterocycles. The van der Waals surface area contributed by atoms with E-state index in [1.165, 1.54) is 4.31 Å². The summed E-state index contributed by atoms with van der Waals surface area (Å²) in [6.45, 7) is 3.37. The van der Waals surface area contributed by atoms with Crippen molar-refractivity contribution in [2.24, 2.45) is 11.8 Å². The highest BCUT2D eigenvalue weighted by Crippen LogP contribution is 2.25. The second-order valence-electron chi connectivity index (χ2n) is 7.08. The van der Waals surface area contributed by atoms with Gasteiger partial charge < -0.3 is 15.2 Å². The lowest BCUT2D eigenvalue weighted by molar-refractivity contribution is -0.145. The number of sulfonamides is 1. The molecular formula is C17H30N2O6S. The van der Waals surface area contributed by atoms with Gasteiger partial charge in [0, 0.05) is 26.3 Å². The third kappa shape index (κ3) is 5.40. The van der Waals surface area contributed by atoms with Crippen molar-refractivity contribution < 1.29 is 27.9 Å². The van der Waals surface area contributed by atoms with E-state index in [1.807, 2.05) is 6.92 Å². The number of aliphatic carboxylic acids is 1. The van der Waals surface area contributed by atoms with E-state index in [1.54, 1.807) is 0 Å². The van der Waals surface area contributed by atoms with Crippen molar-refractivity contribution >= 4 is 21.9 Å². The van der Waals surface area contributed by atoms with Crippen molar-refractivity contribution in [2.45, 2.75) is 51.5 Å². The first-order valence-electron chi connectivity index (χ1n) is 9.44. The first-order valence-corrected chi connectivity index (χ1v) is 11.1. The summed E-state index contributed by atoms with van der Waals surface area (Å²) in [5, 5.41) is 12.2.